The number of ether oxygens (including phenoxy) is 1. The van der Waals surface area contributed by atoms with Gasteiger partial charge in [0.2, 0.25) is 5.91 Å². The summed E-state index contributed by atoms with van der Waals surface area (Å²) in [7, 11) is 0. The first kappa shape index (κ1) is 14.0. The lowest BCUT2D eigenvalue weighted by atomic mass is 10.2. The molecule has 2 rings (SSSR count). The third kappa shape index (κ3) is 3.78. The van der Waals surface area contributed by atoms with E-state index >= 15 is 0 Å². The molecule has 1 unspecified atom stereocenters. The largest absolute Gasteiger partial charge is 0.491 e. The Balaban J connectivity index is 2.02. The number of hydrogen-bond donors (Lipinski definition) is 2. The monoisotopic (exact) mass is 274 g/mol. The van der Waals surface area contributed by atoms with Gasteiger partial charge in [-0.25, -0.2) is 0 Å². The van der Waals surface area contributed by atoms with Crippen LogP contribution < -0.4 is 15.8 Å². The fourth-order valence-electron chi connectivity index (χ4n) is 1.82. The van der Waals surface area contributed by atoms with Crippen LogP contribution in [0.25, 0.3) is 0 Å². The molecule has 20 heavy (non-hydrogen) atoms. The SMILES string of the molecule is CC(Nc1ccccc1OCCC(N)=O)c1ccco1. The van der Waals surface area contributed by atoms with Crippen LogP contribution in [0.2, 0.25) is 0 Å². The van der Waals surface area contributed by atoms with Crippen molar-refractivity contribution >= 4 is 11.6 Å². The molecule has 0 radical (unpaired) electrons. The van der Waals surface area contributed by atoms with E-state index in [0.29, 0.717) is 5.75 Å². The van der Waals surface area contributed by atoms with Crippen LogP contribution in [-0.4, -0.2) is 12.5 Å². The fourth-order valence-corrected chi connectivity index (χ4v) is 1.82. The molecule has 1 aromatic carbocycles. The van der Waals surface area contributed by atoms with E-state index in [0.717, 1.165) is 11.4 Å². The molecule has 0 spiro atoms. The number of amides is 1. The van der Waals surface area contributed by atoms with E-state index in [4.69, 9.17) is 14.9 Å². The molecule has 3 N–H and O–H groups in total. The highest BCUT2D eigenvalue weighted by Gasteiger charge is 2.11. The highest BCUT2D eigenvalue weighted by Crippen LogP contribution is 2.28. The molecule has 1 atom stereocenters. The van der Waals surface area contributed by atoms with Crippen LogP contribution in [0.5, 0.6) is 5.75 Å². The predicted molar refractivity (Wildman–Crippen MR) is 76.5 cm³/mol. The minimum atomic E-state index is -0.376. The first-order chi connectivity index (χ1) is 9.66. The zero-order valence-corrected chi connectivity index (χ0v) is 11.3. The Morgan fingerprint density at radius 2 is 2.15 bits per heavy atom. The standard InChI is InChI=1S/C15H18N2O3/c1-11(13-7-4-9-19-13)17-12-5-2-3-6-14(12)20-10-8-15(16)18/h2-7,9,11,17H,8,10H2,1H3,(H2,16,18). The summed E-state index contributed by atoms with van der Waals surface area (Å²) in [6, 6.07) is 11.3. The lowest BCUT2D eigenvalue weighted by Crippen LogP contribution is -2.15. The number of carbonyl (C=O) groups is 1. The van der Waals surface area contributed by atoms with Crippen LogP contribution in [0, 0.1) is 0 Å². The second-order valence-electron chi connectivity index (χ2n) is 4.44. The van der Waals surface area contributed by atoms with Gasteiger partial charge in [0.1, 0.15) is 11.5 Å². The van der Waals surface area contributed by atoms with Gasteiger partial charge in [-0.15, -0.1) is 0 Å². The molecule has 1 heterocycles. The normalized spacial score (nSPS) is 11.8. The van der Waals surface area contributed by atoms with Crippen LogP contribution in [0.15, 0.2) is 47.1 Å². The number of nitrogens with two attached hydrogens (primary N) is 1. The number of primary amides is 1. The zero-order valence-electron chi connectivity index (χ0n) is 11.3. The van der Waals surface area contributed by atoms with Crippen molar-refractivity contribution in [3.63, 3.8) is 0 Å². The molecule has 0 bridgehead atoms. The maximum absolute atomic E-state index is 10.7. The molecule has 0 aliphatic carbocycles. The molecule has 0 saturated heterocycles. The van der Waals surface area contributed by atoms with Crippen molar-refractivity contribution < 1.29 is 13.9 Å². The topological polar surface area (TPSA) is 77.5 Å². The second-order valence-corrected chi connectivity index (χ2v) is 4.44. The average molecular weight is 274 g/mol. The quantitative estimate of drug-likeness (QED) is 0.813. The minimum Gasteiger partial charge on any atom is -0.491 e. The first-order valence-corrected chi connectivity index (χ1v) is 6.47. The molecule has 0 saturated carbocycles. The van der Waals surface area contributed by atoms with Crippen LogP contribution in [0.3, 0.4) is 0 Å². The van der Waals surface area contributed by atoms with Gasteiger partial charge in [0.15, 0.2) is 0 Å². The van der Waals surface area contributed by atoms with E-state index in [9.17, 15) is 4.79 Å². The number of anilines is 1. The van der Waals surface area contributed by atoms with Gasteiger partial charge in [0.25, 0.3) is 0 Å². The van der Waals surface area contributed by atoms with E-state index in [1.54, 1.807) is 6.26 Å². The summed E-state index contributed by atoms with van der Waals surface area (Å²) in [6.07, 6.45) is 1.84. The number of hydrogen-bond acceptors (Lipinski definition) is 4. The van der Waals surface area contributed by atoms with Crippen molar-refractivity contribution in [2.75, 3.05) is 11.9 Å². The molecule has 1 aromatic heterocycles. The molecule has 0 aliphatic heterocycles. The third-order valence-electron chi connectivity index (χ3n) is 2.84. The van der Waals surface area contributed by atoms with E-state index in [-0.39, 0.29) is 25.0 Å². The lowest BCUT2D eigenvalue weighted by Gasteiger charge is -2.16. The van der Waals surface area contributed by atoms with Crippen molar-refractivity contribution in [2.24, 2.45) is 5.73 Å². The van der Waals surface area contributed by atoms with E-state index in [1.165, 1.54) is 0 Å². The molecular formula is C15H18N2O3. The van der Waals surface area contributed by atoms with Gasteiger partial charge in [-0.1, -0.05) is 12.1 Å². The number of benzene rings is 1. The Morgan fingerprint density at radius 3 is 2.85 bits per heavy atom. The lowest BCUT2D eigenvalue weighted by molar-refractivity contribution is -0.118. The molecule has 106 valence electrons. The van der Waals surface area contributed by atoms with E-state index < -0.39 is 0 Å². The molecular weight excluding hydrogens is 256 g/mol. The van der Waals surface area contributed by atoms with Crippen LogP contribution in [-0.2, 0) is 4.79 Å². The Morgan fingerprint density at radius 1 is 1.35 bits per heavy atom. The first-order valence-electron chi connectivity index (χ1n) is 6.47. The van der Waals surface area contributed by atoms with E-state index in [1.807, 2.05) is 43.3 Å². The number of nitrogens with one attached hydrogen (secondary N) is 1. The smallest absolute Gasteiger partial charge is 0.220 e. The summed E-state index contributed by atoms with van der Waals surface area (Å²) in [5, 5.41) is 3.32. The van der Waals surface area contributed by atoms with Gasteiger partial charge in [-0.2, -0.15) is 0 Å². The molecule has 0 fully saturated rings. The summed E-state index contributed by atoms with van der Waals surface area (Å²) in [5.74, 6) is 1.16. The maximum Gasteiger partial charge on any atom is 0.220 e. The van der Waals surface area contributed by atoms with Crippen LogP contribution in [0.4, 0.5) is 5.69 Å². The Bertz CT molecular complexity index is 552. The van der Waals surface area contributed by atoms with Crippen molar-refractivity contribution in [2.45, 2.75) is 19.4 Å². The van der Waals surface area contributed by atoms with Gasteiger partial charge in [-0.3, -0.25) is 4.79 Å². The zero-order chi connectivity index (χ0) is 14.4. The predicted octanol–water partition coefficient (Wildman–Crippen LogP) is 2.71. The van der Waals surface area contributed by atoms with Gasteiger partial charge in [0, 0.05) is 0 Å². The van der Waals surface area contributed by atoms with Crippen LogP contribution in [0.1, 0.15) is 25.1 Å². The van der Waals surface area contributed by atoms with Crippen molar-refractivity contribution in [1.29, 1.82) is 0 Å². The second kappa shape index (κ2) is 6.65. The molecule has 0 aliphatic rings. The van der Waals surface area contributed by atoms with Crippen molar-refractivity contribution in [3.05, 3.63) is 48.4 Å². The van der Waals surface area contributed by atoms with Crippen LogP contribution >= 0.6 is 0 Å². The molecule has 2 aromatic rings. The highest BCUT2D eigenvalue weighted by atomic mass is 16.5. The summed E-state index contributed by atoms with van der Waals surface area (Å²) in [5.41, 5.74) is 5.94. The van der Waals surface area contributed by atoms with Crippen molar-refractivity contribution in [1.82, 2.24) is 0 Å². The molecule has 5 heteroatoms. The number of para-hydroxylation sites is 2. The minimum absolute atomic E-state index is 0.0193. The fraction of sp³-hybridized carbons (Fsp3) is 0.267. The maximum atomic E-state index is 10.7. The Kier molecular flexibility index (Phi) is 4.65. The van der Waals surface area contributed by atoms with Gasteiger partial charge in [0.05, 0.1) is 31.0 Å². The summed E-state index contributed by atoms with van der Waals surface area (Å²) in [4.78, 5) is 10.7. The Labute approximate surface area is 117 Å². The van der Waals surface area contributed by atoms with Gasteiger partial charge in [-0.05, 0) is 31.2 Å². The van der Waals surface area contributed by atoms with Gasteiger partial charge >= 0.3 is 0 Å². The van der Waals surface area contributed by atoms with Crippen molar-refractivity contribution in [3.8, 4) is 5.75 Å². The Hall–Kier alpha value is -2.43. The summed E-state index contributed by atoms with van der Waals surface area (Å²) in [6.45, 7) is 2.27. The number of furan rings is 1. The highest BCUT2D eigenvalue weighted by molar-refractivity contribution is 5.73. The summed E-state index contributed by atoms with van der Waals surface area (Å²) < 4.78 is 10.9. The van der Waals surface area contributed by atoms with Gasteiger partial charge < -0.3 is 20.2 Å². The van der Waals surface area contributed by atoms with E-state index in [2.05, 4.69) is 5.32 Å². The third-order valence-corrected chi connectivity index (χ3v) is 2.84. The number of carbonyl (C=O) groups excluding carboxylic acids is 1. The molecule has 1 amide bonds. The summed E-state index contributed by atoms with van der Waals surface area (Å²) >= 11 is 0. The molecule has 5 nitrogen and oxygen atoms in total. The number of rotatable bonds is 7. The average Bonchev–Trinajstić information content (AvgIpc) is 2.94.